The lowest BCUT2D eigenvalue weighted by atomic mass is 10.1. The van der Waals surface area contributed by atoms with Crippen molar-refractivity contribution in [2.45, 2.75) is 38.1 Å². The van der Waals surface area contributed by atoms with Crippen LogP contribution < -0.4 is 15.4 Å². The Hall–Kier alpha value is -1.46. The van der Waals surface area contributed by atoms with Crippen molar-refractivity contribution in [1.29, 1.82) is 0 Å². The first-order valence-electron chi connectivity index (χ1n) is 8.78. The van der Waals surface area contributed by atoms with Gasteiger partial charge in [0.1, 0.15) is 5.75 Å². The van der Waals surface area contributed by atoms with Crippen LogP contribution in [0.5, 0.6) is 5.75 Å². The third-order valence-electron chi connectivity index (χ3n) is 5.12. The van der Waals surface area contributed by atoms with E-state index in [-0.39, 0.29) is 6.03 Å². The van der Waals surface area contributed by atoms with Crippen LogP contribution in [0.4, 0.5) is 10.5 Å². The summed E-state index contributed by atoms with van der Waals surface area (Å²) in [5.74, 6) is 1.14. The minimum absolute atomic E-state index is 0.213. The van der Waals surface area contributed by atoms with Crippen molar-refractivity contribution in [3.8, 4) is 5.75 Å². The number of hydrogen-bond donors (Lipinski definition) is 2. The number of benzene rings is 1. The molecule has 2 fully saturated rings. The zero-order chi connectivity index (χ0) is 16.9. The fraction of sp³-hybridized carbons (Fsp3) is 0.611. The van der Waals surface area contributed by atoms with E-state index in [1.54, 1.807) is 25.3 Å². The van der Waals surface area contributed by atoms with Gasteiger partial charge in [-0.1, -0.05) is 24.4 Å². The maximum atomic E-state index is 12.2. The molecule has 5 nitrogen and oxygen atoms in total. The van der Waals surface area contributed by atoms with Crippen LogP contribution in [0, 0.1) is 5.92 Å². The maximum absolute atomic E-state index is 12.2. The lowest BCUT2D eigenvalue weighted by Crippen LogP contribution is -2.35. The Morgan fingerprint density at radius 3 is 2.88 bits per heavy atom. The Balaban J connectivity index is 1.45. The number of methoxy groups -OCH3 is 1. The van der Waals surface area contributed by atoms with E-state index in [0.717, 1.165) is 19.0 Å². The van der Waals surface area contributed by atoms with Gasteiger partial charge >= 0.3 is 6.03 Å². The first-order valence-corrected chi connectivity index (χ1v) is 9.16. The second-order valence-electron chi connectivity index (χ2n) is 6.77. The molecule has 2 N–H and O–H groups in total. The summed E-state index contributed by atoms with van der Waals surface area (Å²) in [6, 6.07) is 5.74. The minimum atomic E-state index is -0.213. The molecule has 0 spiro atoms. The number of rotatable bonds is 5. The zero-order valence-electron chi connectivity index (χ0n) is 14.2. The summed E-state index contributed by atoms with van der Waals surface area (Å²) < 4.78 is 5.24. The molecule has 0 bridgehead atoms. The van der Waals surface area contributed by atoms with Crippen molar-refractivity contribution < 1.29 is 9.53 Å². The molecule has 2 aliphatic rings. The van der Waals surface area contributed by atoms with Gasteiger partial charge in [0, 0.05) is 24.2 Å². The third-order valence-corrected chi connectivity index (χ3v) is 5.35. The number of likely N-dealkylation sites (tertiary alicyclic amines) is 1. The number of halogens is 1. The number of carbonyl (C=O) groups excluding carboxylic acids is 1. The second-order valence-corrected chi connectivity index (χ2v) is 7.20. The molecule has 1 aliphatic carbocycles. The number of nitrogens with zero attached hydrogens (tertiary/aromatic N) is 1. The Morgan fingerprint density at radius 1 is 1.33 bits per heavy atom. The van der Waals surface area contributed by atoms with Gasteiger partial charge in [-0.2, -0.15) is 0 Å². The number of ether oxygens (including phenoxy) is 1. The number of carbonyl (C=O) groups is 1. The number of nitrogens with one attached hydrogen (secondary N) is 2. The van der Waals surface area contributed by atoms with Crippen molar-refractivity contribution in [3.05, 3.63) is 23.2 Å². The van der Waals surface area contributed by atoms with Crippen LogP contribution in [0.2, 0.25) is 5.02 Å². The largest absolute Gasteiger partial charge is 0.495 e. The average molecular weight is 352 g/mol. The van der Waals surface area contributed by atoms with E-state index in [1.807, 2.05) is 0 Å². The zero-order valence-corrected chi connectivity index (χ0v) is 14.9. The van der Waals surface area contributed by atoms with E-state index in [4.69, 9.17) is 16.3 Å². The molecule has 1 aliphatic heterocycles. The van der Waals surface area contributed by atoms with Gasteiger partial charge in [0.15, 0.2) is 0 Å². The predicted octanol–water partition coefficient (Wildman–Crippen LogP) is 3.73. The Labute approximate surface area is 148 Å². The van der Waals surface area contributed by atoms with Crippen LogP contribution >= 0.6 is 11.6 Å². The van der Waals surface area contributed by atoms with Crippen LogP contribution in [0.25, 0.3) is 0 Å². The molecular weight excluding hydrogens is 326 g/mol. The number of amides is 2. The SMILES string of the molecule is COc1ccc(Cl)cc1NC(=O)NCC1CCN(C2CCCC2)C1. The van der Waals surface area contributed by atoms with Gasteiger partial charge in [-0.05, 0) is 49.9 Å². The summed E-state index contributed by atoms with van der Waals surface area (Å²) in [5.41, 5.74) is 0.585. The molecular formula is C18H26ClN3O2. The molecule has 0 radical (unpaired) electrons. The van der Waals surface area contributed by atoms with Gasteiger partial charge in [-0.15, -0.1) is 0 Å². The molecule has 1 heterocycles. The van der Waals surface area contributed by atoms with Gasteiger partial charge in [0.2, 0.25) is 0 Å². The monoisotopic (exact) mass is 351 g/mol. The van der Waals surface area contributed by atoms with Crippen LogP contribution in [-0.2, 0) is 0 Å². The molecule has 1 aromatic rings. The summed E-state index contributed by atoms with van der Waals surface area (Å²) in [6.45, 7) is 2.98. The third kappa shape index (κ3) is 4.33. The molecule has 1 aromatic carbocycles. The first-order chi connectivity index (χ1) is 11.7. The molecule has 1 saturated carbocycles. The predicted molar refractivity (Wildman–Crippen MR) is 97.0 cm³/mol. The van der Waals surface area contributed by atoms with E-state index < -0.39 is 0 Å². The summed E-state index contributed by atoms with van der Waals surface area (Å²) in [4.78, 5) is 14.8. The molecule has 1 atom stereocenters. The molecule has 0 aromatic heterocycles. The van der Waals surface area contributed by atoms with E-state index in [9.17, 15) is 4.79 Å². The average Bonchev–Trinajstić information content (AvgIpc) is 3.24. The second kappa shape index (κ2) is 8.08. The van der Waals surface area contributed by atoms with E-state index >= 15 is 0 Å². The van der Waals surface area contributed by atoms with Gasteiger partial charge in [0.05, 0.1) is 12.8 Å². The fourth-order valence-corrected chi connectivity index (χ4v) is 3.98. The smallest absolute Gasteiger partial charge is 0.319 e. The molecule has 24 heavy (non-hydrogen) atoms. The molecule has 6 heteroatoms. The lowest BCUT2D eigenvalue weighted by Gasteiger charge is -2.23. The van der Waals surface area contributed by atoms with E-state index in [0.29, 0.717) is 28.9 Å². The fourth-order valence-electron chi connectivity index (χ4n) is 3.81. The number of hydrogen-bond acceptors (Lipinski definition) is 3. The Morgan fingerprint density at radius 2 is 2.12 bits per heavy atom. The van der Waals surface area contributed by atoms with Gasteiger partial charge in [-0.3, -0.25) is 0 Å². The summed E-state index contributed by atoms with van der Waals surface area (Å²) in [5, 5.41) is 6.36. The van der Waals surface area contributed by atoms with Crippen LogP contribution in [0.1, 0.15) is 32.1 Å². The molecule has 3 rings (SSSR count). The molecule has 132 valence electrons. The number of anilines is 1. The lowest BCUT2D eigenvalue weighted by molar-refractivity contribution is 0.234. The summed E-state index contributed by atoms with van der Waals surface area (Å²) >= 11 is 5.98. The maximum Gasteiger partial charge on any atom is 0.319 e. The van der Waals surface area contributed by atoms with Crippen molar-refractivity contribution in [2.75, 3.05) is 32.1 Å². The van der Waals surface area contributed by atoms with Gasteiger partial charge < -0.3 is 20.3 Å². The van der Waals surface area contributed by atoms with Crippen LogP contribution in [0.3, 0.4) is 0 Å². The highest BCUT2D eigenvalue weighted by molar-refractivity contribution is 6.31. The highest BCUT2D eigenvalue weighted by Gasteiger charge is 2.29. The molecule has 1 unspecified atom stereocenters. The van der Waals surface area contributed by atoms with Crippen molar-refractivity contribution in [1.82, 2.24) is 10.2 Å². The Kier molecular flexibility index (Phi) is 5.85. The minimum Gasteiger partial charge on any atom is -0.495 e. The highest BCUT2D eigenvalue weighted by atomic mass is 35.5. The van der Waals surface area contributed by atoms with Crippen molar-refractivity contribution in [2.24, 2.45) is 5.92 Å². The van der Waals surface area contributed by atoms with Crippen LogP contribution in [0.15, 0.2) is 18.2 Å². The Bertz CT molecular complexity index is 575. The number of urea groups is 1. The van der Waals surface area contributed by atoms with Crippen molar-refractivity contribution in [3.63, 3.8) is 0 Å². The normalized spacial score (nSPS) is 21.8. The van der Waals surface area contributed by atoms with Crippen molar-refractivity contribution >= 4 is 23.3 Å². The highest BCUT2D eigenvalue weighted by Crippen LogP contribution is 2.29. The molecule has 1 saturated heterocycles. The first kappa shape index (κ1) is 17.4. The van der Waals surface area contributed by atoms with Crippen LogP contribution in [-0.4, -0.2) is 43.7 Å². The van der Waals surface area contributed by atoms with E-state index in [1.165, 1.54) is 32.2 Å². The van der Waals surface area contributed by atoms with Gasteiger partial charge in [0.25, 0.3) is 0 Å². The quantitative estimate of drug-likeness (QED) is 0.849. The standard InChI is InChI=1S/C18H26ClN3O2/c1-24-17-7-6-14(19)10-16(17)21-18(23)20-11-13-8-9-22(12-13)15-4-2-3-5-15/h6-7,10,13,15H,2-5,8-9,11-12H2,1H3,(H2,20,21,23). The molecule has 2 amide bonds. The van der Waals surface area contributed by atoms with E-state index in [2.05, 4.69) is 15.5 Å². The summed E-state index contributed by atoms with van der Waals surface area (Å²) in [7, 11) is 1.57. The topological polar surface area (TPSA) is 53.6 Å². The van der Waals surface area contributed by atoms with Gasteiger partial charge in [-0.25, -0.2) is 4.79 Å². The summed E-state index contributed by atoms with van der Waals surface area (Å²) in [6.07, 6.45) is 6.59.